The molecule has 3 rings (SSSR count). The number of hydrogen-bond donors (Lipinski definition) is 2. The van der Waals surface area contributed by atoms with Crippen molar-refractivity contribution in [2.24, 2.45) is 0 Å². The standard InChI is InChI=1S/C19H22N2S/c1-13-6-10-18(11-7-13)21-19(22)20-14(2)16-9-8-15-4-3-5-17(15)12-16/h6-12,14H,3-5H2,1-2H3,(H2,20,21,22). The molecule has 22 heavy (non-hydrogen) atoms. The van der Waals surface area contributed by atoms with Gasteiger partial charge in [-0.05, 0) is 74.2 Å². The summed E-state index contributed by atoms with van der Waals surface area (Å²) in [5, 5.41) is 7.28. The van der Waals surface area contributed by atoms with Gasteiger partial charge in [-0.1, -0.05) is 35.9 Å². The second-order valence-electron chi connectivity index (χ2n) is 6.07. The van der Waals surface area contributed by atoms with E-state index in [0.29, 0.717) is 5.11 Å². The number of thiocarbonyl (C=S) groups is 1. The maximum atomic E-state index is 5.42. The molecule has 114 valence electrons. The Balaban J connectivity index is 1.62. The van der Waals surface area contributed by atoms with Crippen LogP contribution in [0, 0.1) is 6.92 Å². The third-order valence-corrected chi connectivity index (χ3v) is 4.50. The minimum Gasteiger partial charge on any atom is -0.356 e. The van der Waals surface area contributed by atoms with Gasteiger partial charge in [0.25, 0.3) is 0 Å². The van der Waals surface area contributed by atoms with Gasteiger partial charge in [0.2, 0.25) is 0 Å². The van der Waals surface area contributed by atoms with E-state index in [9.17, 15) is 0 Å². The van der Waals surface area contributed by atoms with Crippen LogP contribution in [0.3, 0.4) is 0 Å². The molecule has 2 aromatic carbocycles. The van der Waals surface area contributed by atoms with Crippen molar-refractivity contribution >= 4 is 23.0 Å². The molecule has 0 amide bonds. The highest BCUT2D eigenvalue weighted by molar-refractivity contribution is 7.80. The molecular formula is C19H22N2S. The summed E-state index contributed by atoms with van der Waals surface area (Å²) in [5.41, 5.74) is 6.58. The fourth-order valence-electron chi connectivity index (χ4n) is 2.95. The van der Waals surface area contributed by atoms with E-state index in [-0.39, 0.29) is 6.04 Å². The van der Waals surface area contributed by atoms with Crippen molar-refractivity contribution in [1.82, 2.24) is 5.32 Å². The molecule has 1 atom stereocenters. The zero-order valence-corrected chi connectivity index (χ0v) is 14.0. The Morgan fingerprint density at radius 1 is 1.05 bits per heavy atom. The van der Waals surface area contributed by atoms with E-state index in [2.05, 4.69) is 54.8 Å². The van der Waals surface area contributed by atoms with Crippen molar-refractivity contribution in [3.63, 3.8) is 0 Å². The Kier molecular flexibility index (Phi) is 4.44. The summed E-state index contributed by atoms with van der Waals surface area (Å²) in [7, 11) is 0. The summed E-state index contributed by atoms with van der Waals surface area (Å²) in [6.45, 7) is 4.23. The quantitative estimate of drug-likeness (QED) is 0.814. The van der Waals surface area contributed by atoms with Gasteiger partial charge in [-0.3, -0.25) is 0 Å². The van der Waals surface area contributed by atoms with Crippen LogP contribution in [-0.2, 0) is 12.8 Å². The van der Waals surface area contributed by atoms with Gasteiger partial charge < -0.3 is 10.6 Å². The van der Waals surface area contributed by atoms with E-state index in [1.165, 1.54) is 41.5 Å². The second-order valence-corrected chi connectivity index (χ2v) is 6.48. The Bertz CT molecular complexity index is 676. The molecule has 0 bridgehead atoms. The van der Waals surface area contributed by atoms with Gasteiger partial charge in [-0.25, -0.2) is 0 Å². The minimum absolute atomic E-state index is 0.205. The van der Waals surface area contributed by atoms with Crippen LogP contribution in [0.1, 0.15) is 41.6 Å². The molecule has 0 radical (unpaired) electrons. The normalized spacial score (nSPS) is 14.3. The Morgan fingerprint density at radius 2 is 1.77 bits per heavy atom. The highest BCUT2D eigenvalue weighted by Gasteiger charge is 2.14. The van der Waals surface area contributed by atoms with Crippen molar-refractivity contribution in [1.29, 1.82) is 0 Å². The molecular weight excluding hydrogens is 288 g/mol. The van der Waals surface area contributed by atoms with Gasteiger partial charge in [0.15, 0.2) is 5.11 Å². The SMILES string of the molecule is Cc1ccc(NC(=S)NC(C)c2ccc3c(c2)CCC3)cc1. The van der Waals surface area contributed by atoms with Crippen LogP contribution < -0.4 is 10.6 Å². The maximum absolute atomic E-state index is 5.42. The molecule has 2 aromatic rings. The van der Waals surface area contributed by atoms with Gasteiger partial charge in [-0.2, -0.15) is 0 Å². The molecule has 2 N–H and O–H groups in total. The summed E-state index contributed by atoms with van der Waals surface area (Å²) in [5.74, 6) is 0. The lowest BCUT2D eigenvalue weighted by atomic mass is 10.0. The summed E-state index contributed by atoms with van der Waals surface area (Å²) in [6, 6.07) is 15.3. The van der Waals surface area contributed by atoms with E-state index in [1.807, 2.05) is 12.1 Å². The van der Waals surface area contributed by atoms with Crippen LogP contribution in [0.15, 0.2) is 42.5 Å². The number of benzene rings is 2. The lowest BCUT2D eigenvalue weighted by Crippen LogP contribution is -2.30. The summed E-state index contributed by atoms with van der Waals surface area (Å²) in [6.07, 6.45) is 3.72. The van der Waals surface area contributed by atoms with Crippen molar-refractivity contribution in [3.8, 4) is 0 Å². The number of rotatable bonds is 3. The zero-order valence-electron chi connectivity index (χ0n) is 13.1. The van der Waals surface area contributed by atoms with Gasteiger partial charge in [0.1, 0.15) is 0 Å². The molecule has 0 saturated carbocycles. The monoisotopic (exact) mass is 310 g/mol. The summed E-state index contributed by atoms with van der Waals surface area (Å²) in [4.78, 5) is 0. The third kappa shape index (κ3) is 3.47. The Labute approximate surface area is 137 Å². The van der Waals surface area contributed by atoms with Crippen LogP contribution in [0.2, 0.25) is 0 Å². The number of fused-ring (bicyclic) bond motifs is 1. The molecule has 2 nitrogen and oxygen atoms in total. The smallest absolute Gasteiger partial charge is 0.171 e. The molecule has 3 heteroatoms. The minimum atomic E-state index is 0.205. The van der Waals surface area contributed by atoms with Crippen molar-refractivity contribution in [2.45, 2.75) is 39.2 Å². The van der Waals surface area contributed by atoms with Crippen molar-refractivity contribution in [2.75, 3.05) is 5.32 Å². The average molecular weight is 310 g/mol. The van der Waals surface area contributed by atoms with Gasteiger partial charge in [0, 0.05) is 5.69 Å². The molecule has 1 aliphatic rings. The van der Waals surface area contributed by atoms with Crippen molar-refractivity contribution in [3.05, 3.63) is 64.7 Å². The molecule has 0 aliphatic heterocycles. The molecule has 0 aromatic heterocycles. The maximum Gasteiger partial charge on any atom is 0.171 e. The van der Waals surface area contributed by atoms with Crippen LogP contribution >= 0.6 is 12.2 Å². The Morgan fingerprint density at radius 3 is 2.55 bits per heavy atom. The van der Waals surface area contributed by atoms with Crippen LogP contribution in [0.4, 0.5) is 5.69 Å². The molecule has 0 heterocycles. The molecule has 0 fully saturated rings. The fourth-order valence-corrected chi connectivity index (χ4v) is 3.24. The van der Waals surface area contributed by atoms with Gasteiger partial charge >= 0.3 is 0 Å². The van der Waals surface area contributed by atoms with Crippen LogP contribution in [-0.4, -0.2) is 5.11 Å². The first kappa shape index (κ1) is 15.0. The average Bonchev–Trinajstić information content (AvgIpc) is 2.97. The molecule has 1 unspecified atom stereocenters. The van der Waals surface area contributed by atoms with Gasteiger partial charge in [-0.15, -0.1) is 0 Å². The van der Waals surface area contributed by atoms with E-state index >= 15 is 0 Å². The first-order chi connectivity index (χ1) is 10.6. The van der Waals surface area contributed by atoms with E-state index in [4.69, 9.17) is 12.2 Å². The fraction of sp³-hybridized carbons (Fsp3) is 0.316. The number of hydrogen-bond acceptors (Lipinski definition) is 1. The number of aryl methyl sites for hydroxylation is 3. The van der Waals surface area contributed by atoms with Crippen molar-refractivity contribution < 1.29 is 0 Å². The predicted molar refractivity (Wildman–Crippen MR) is 97.4 cm³/mol. The zero-order chi connectivity index (χ0) is 15.5. The van der Waals surface area contributed by atoms with Gasteiger partial charge in [0.05, 0.1) is 6.04 Å². The van der Waals surface area contributed by atoms with E-state index < -0.39 is 0 Å². The summed E-state index contributed by atoms with van der Waals surface area (Å²) >= 11 is 5.42. The van der Waals surface area contributed by atoms with E-state index in [0.717, 1.165) is 5.69 Å². The van der Waals surface area contributed by atoms with E-state index in [1.54, 1.807) is 0 Å². The predicted octanol–water partition coefficient (Wildman–Crippen LogP) is 4.53. The lowest BCUT2D eigenvalue weighted by Gasteiger charge is -2.18. The highest BCUT2D eigenvalue weighted by Crippen LogP contribution is 2.25. The second kappa shape index (κ2) is 6.49. The van der Waals surface area contributed by atoms with Crippen LogP contribution in [0.25, 0.3) is 0 Å². The Hall–Kier alpha value is -1.87. The number of nitrogens with one attached hydrogen (secondary N) is 2. The molecule has 1 aliphatic carbocycles. The molecule has 0 spiro atoms. The van der Waals surface area contributed by atoms with Crippen LogP contribution in [0.5, 0.6) is 0 Å². The largest absolute Gasteiger partial charge is 0.356 e. The summed E-state index contributed by atoms with van der Waals surface area (Å²) < 4.78 is 0. The first-order valence-corrected chi connectivity index (χ1v) is 8.28. The highest BCUT2D eigenvalue weighted by atomic mass is 32.1. The first-order valence-electron chi connectivity index (χ1n) is 7.88. The topological polar surface area (TPSA) is 24.1 Å². The molecule has 0 saturated heterocycles. The number of anilines is 1. The lowest BCUT2D eigenvalue weighted by molar-refractivity contribution is 0.721. The third-order valence-electron chi connectivity index (χ3n) is 4.28.